The van der Waals surface area contributed by atoms with Gasteiger partial charge in [-0.2, -0.15) is 0 Å². The number of likely N-dealkylation sites (tertiary alicyclic amines) is 1. The fourth-order valence-electron chi connectivity index (χ4n) is 4.16. The van der Waals surface area contributed by atoms with E-state index in [1.165, 1.54) is 18.2 Å². The SMILES string of the molecule is CC(C)(C)OC(=O)N1CCCC(OCc2c(-c3ccccc3OC(F)(F)F)noc2C2CC2)CC1. The molecule has 7 nitrogen and oxygen atoms in total. The highest BCUT2D eigenvalue weighted by Crippen LogP contribution is 2.45. The quantitative estimate of drug-likeness (QED) is 0.459. The Morgan fingerprint density at radius 1 is 1.11 bits per heavy atom. The zero-order valence-electron chi connectivity index (χ0n) is 20.2. The molecule has 2 aromatic rings. The van der Waals surface area contributed by atoms with Gasteiger partial charge in [-0.25, -0.2) is 4.79 Å². The van der Waals surface area contributed by atoms with Crippen molar-refractivity contribution in [2.45, 2.75) is 83.5 Å². The smallest absolute Gasteiger partial charge is 0.444 e. The topological polar surface area (TPSA) is 74.0 Å². The van der Waals surface area contributed by atoms with E-state index < -0.39 is 12.0 Å². The third-order valence-corrected chi connectivity index (χ3v) is 5.92. The Morgan fingerprint density at radius 2 is 1.86 bits per heavy atom. The lowest BCUT2D eigenvalue weighted by molar-refractivity contribution is -0.274. The maximum absolute atomic E-state index is 13.0. The Bertz CT molecular complexity index is 1030. The van der Waals surface area contributed by atoms with Crippen molar-refractivity contribution < 1.29 is 36.7 Å². The number of ether oxygens (including phenoxy) is 3. The average Bonchev–Trinajstić information content (AvgIpc) is 3.55. The van der Waals surface area contributed by atoms with Gasteiger partial charge < -0.3 is 23.6 Å². The molecule has 1 saturated heterocycles. The predicted molar refractivity (Wildman–Crippen MR) is 121 cm³/mol. The van der Waals surface area contributed by atoms with Crippen LogP contribution < -0.4 is 4.74 Å². The summed E-state index contributed by atoms with van der Waals surface area (Å²) >= 11 is 0. The lowest BCUT2D eigenvalue weighted by Crippen LogP contribution is -2.37. The number of aromatic nitrogens is 1. The summed E-state index contributed by atoms with van der Waals surface area (Å²) in [6.07, 6.45) is -1.24. The van der Waals surface area contributed by atoms with Crippen LogP contribution in [0, 0.1) is 0 Å². The van der Waals surface area contributed by atoms with Crippen LogP contribution in [-0.2, 0) is 16.1 Å². The van der Waals surface area contributed by atoms with Crippen molar-refractivity contribution in [3.63, 3.8) is 0 Å². The molecule has 4 rings (SSSR count). The van der Waals surface area contributed by atoms with Crippen LogP contribution in [0.15, 0.2) is 28.8 Å². The molecule has 2 aliphatic rings. The van der Waals surface area contributed by atoms with E-state index in [0.717, 1.165) is 25.7 Å². The van der Waals surface area contributed by atoms with Crippen LogP contribution in [0.25, 0.3) is 11.3 Å². The number of nitrogens with zero attached hydrogens (tertiary/aromatic N) is 2. The summed E-state index contributed by atoms with van der Waals surface area (Å²) in [5, 5.41) is 4.12. The van der Waals surface area contributed by atoms with Crippen LogP contribution in [0.3, 0.4) is 0 Å². The Hall–Kier alpha value is -2.75. The number of carbonyl (C=O) groups excluding carboxylic acids is 1. The van der Waals surface area contributed by atoms with Crippen molar-refractivity contribution in [1.29, 1.82) is 0 Å². The zero-order valence-corrected chi connectivity index (χ0v) is 20.2. The number of carbonyl (C=O) groups is 1. The molecule has 0 radical (unpaired) electrons. The molecular weight excluding hydrogens is 465 g/mol. The van der Waals surface area contributed by atoms with Crippen LogP contribution in [0.1, 0.15) is 70.1 Å². The Labute approximate surface area is 202 Å². The van der Waals surface area contributed by atoms with Gasteiger partial charge in [0.25, 0.3) is 0 Å². The molecule has 0 spiro atoms. The summed E-state index contributed by atoms with van der Waals surface area (Å²) in [6.45, 7) is 6.75. The van der Waals surface area contributed by atoms with E-state index in [-0.39, 0.29) is 36.0 Å². The van der Waals surface area contributed by atoms with Gasteiger partial charge in [0.2, 0.25) is 0 Å². The first-order valence-corrected chi connectivity index (χ1v) is 11.9. The summed E-state index contributed by atoms with van der Waals surface area (Å²) in [5.74, 6) is 0.521. The number of hydrogen-bond donors (Lipinski definition) is 0. The van der Waals surface area contributed by atoms with E-state index in [4.69, 9.17) is 14.0 Å². The fourth-order valence-corrected chi connectivity index (χ4v) is 4.16. The number of hydrogen-bond acceptors (Lipinski definition) is 6. The van der Waals surface area contributed by atoms with Crippen molar-refractivity contribution in [1.82, 2.24) is 10.1 Å². The molecular formula is C25H31F3N2O5. The number of amides is 1. The van der Waals surface area contributed by atoms with Gasteiger partial charge in [-0.3, -0.25) is 0 Å². The molecule has 1 unspecified atom stereocenters. The number of halogens is 3. The molecule has 1 amide bonds. The summed E-state index contributed by atoms with van der Waals surface area (Å²) in [5.41, 5.74) is 0.598. The minimum atomic E-state index is -4.82. The van der Waals surface area contributed by atoms with E-state index in [2.05, 4.69) is 9.89 Å². The van der Waals surface area contributed by atoms with Crippen LogP contribution in [-0.4, -0.2) is 47.3 Å². The van der Waals surface area contributed by atoms with E-state index in [0.29, 0.717) is 36.5 Å². The van der Waals surface area contributed by atoms with Gasteiger partial charge in [0.15, 0.2) is 0 Å². The molecule has 192 valence electrons. The third kappa shape index (κ3) is 6.90. The molecule has 1 saturated carbocycles. The minimum Gasteiger partial charge on any atom is -0.444 e. The van der Waals surface area contributed by atoms with Gasteiger partial charge in [-0.05, 0) is 65.0 Å². The lowest BCUT2D eigenvalue weighted by Gasteiger charge is -2.26. The summed E-state index contributed by atoms with van der Waals surface area (Å²) in [4.78, 5) is 14.1. The molecule has 1 aromatic carbocycles. The minimum absolute atomic E-state index is 0.112. The third-order valence-electron chi connectivity index (χ3n) is 5.92. The number of benzene rings is 1. The van der Waals surface area contributed by atoms with Gasteiger partial charge in [-0.1, -0.05) is 17.3 Å². The van der Waals surface area contributed by atoms with Gasteiger partial charge >= 0.3 is 12.5 Å². The summed E-state index contributed by atoms with van der Waals surface area (Å²) in [6, 6.07) is 5.90. The number of para-hydroxylation sites is 1. The highest BCUT2D eigenvalue weighted by molar-refractivity contribution is 5.70. The Kier molecular flexibility index (Phi) is 7.30. The standard InChI is InChI=1S/C25H31F3N2O5/c1-24(2,3)34-23(31)30-13-6-7-17(12-14-30)32-15-19-21(29-35-22(19)16-10-11-16)18-8-4-5-9-20(18)33-25(26,27)28/h4-5,8-9,16-17H,6-7,10-15H2,1-3H3. The molecule has 2 fully saturated rings. The van der Waals surface area contributed by atoms with Crippen LogP contribution in [0.5, 0.6) is 5.75 Å². The Morgan fingerprint density at radius 3 is 2.54 bits per heavy atom. The van der Waals surface area contributed by atoms with E-state index in [1.54, 1.807) is 11.0 Å². The van der Waals surface area contributed by atoms with Crippen LogP contribution in [0.2, 0.25) is 0 Å². The van der Waals surface area contributed by atoms with Crippen LogP contribution >= 0.6 is 0 Å². The highest BCUT2D eigenvalue weighted by atomic mass is 19.4. The van der Waals surface area contributed by atoms with Gasteiger partial charge in [0, 0.05) is 30.1 Å². The van der Waals surface area contributed by atoms with Crippen molar-refractivity contribution in [3.8, 4) is 17.0 Å². The van der Waals surface area contributed by atoms with Crippen molar-refractivity contribution in [2.24, 2.45) is 0 Å². The summed E-state index contributed by atoms with van der Waals surface area (Å²) in [7, 11) is 0. The predicted octanol–water partition coefficient (Wildman–Crippen LogP) is 6.42. The second kappa shape index (κ2) is 10.1. The van der Waals surface area contributed by atoms with E-state index in [1.807, 2.05) is 20.8 Å². The maximum atomic E-state index is 13.0. The van der Waals surface area contributed by atoms with Gasteiger partial charge in [-0.15, -0.1) is 13.2 Å². The van der Waals surface area contributed by atoms with Crippen molar-refractivity contribution >= 4 is 6.09 Å². The molecule has 1 aliphatic heterocycles. The number of alkyl halides is 3. The second-order valence-corrected chi connectivity index (χ2v) is 10.0. The van der Waals surface area contributed by atoms with E-state index in [9.17, 15) is 18.0 Å². The molecule has 1 aromatic heterocycles. The van der Waals surface area contributed by atoms with Gasteiger partial charge in [0.1, 0.15) is 22.8 Å². The average molecular weight is 497 g/mol. The molecule has 10 heteroatoms. The van der Waals surface area contributed by atoms with Crippen LogP contribution in [0.4, 0.5) is 18.0 Å². The first-order valence-electron chi connectivity index (χ1n) is 11.9. The highest BCUT2D eigenvalue weighted by Gasteiger charge is 2.36. The number of rotatable bonds is 6. The fraction of sp³-hybridized carbons (Fsp3) is 0.600. The monoisotopic (exact) mass is 496 g/mol. The van der Waals surface area contributed by atoms with Gasteiger partial charge in [0.05, 0.1) is 12.7 Å². The largest absolute Gasteiger partial charge is 0.573 e. The first-order chi connectivity index (χ1) is 16.5. The molecule has 1 aliphatic carbocycles. The Balaban J connectivity index is 1.47. The van der Waals surface area contributed by atoms with E-state index >= 15 is 0 Å². The van der Waals surface area contributed by atoms with Crippen molar-refractivity contribution in [3.05, 3.63) is 35.6 Å². The normalized spacial score (nSPS) is 19.4. The first kappa shape index (κ1) is 25.3. The lowest BCUT2D eigenvalue weighted by atomic mass is 10.0. The maximum Gasteiger partial charge on any atom is 0.573 e. The zero-order chi connectivity index (χ0) is 25.2. The molecule has 2 heterocycles. The molecule has 1 atom stereocenters. The molecule has 35 heavy (non-hydrogen) atoms. The second-order valence-electron chi connectivity index (χ2n) is 10.0. The van der Waals surface area contributed by atoms with Crippen molar-refractivity contribution in [2.75, 3.05) is 13.1 Å². The molecule has 0 N–H and O–H groups in total. The molecule has 0 bridgehead atoms. The summed E-state index contributed by atoms with van der Waals surface area (Å²) < 4.78 is 60.4.